The SMILES string of the molecule is CC(C)(c1ccccc1)N1CCN(C(=O)c2ccc(NS(=O)(=O)c3cccc4cccnc34)c(OC(F)(F)F)c2)CC1. The second-order valence-corrected chi connectivity index (χ2v) is 12.1. The van der Waals surface area contributed by atoms with Crippen LogP contribution >= 0.6 is 0 Å². The van der Waals surface area contributed by atoms with Crippen molar-refractivity contribution in [3.05, 3.63) is 96.2 Å². The van der Waals surface area contributed by atoms with E-state index in [9.17, 15) is 26.4 Å². The van der Waals surface area contributed by atoms with Crippen molar-refractivity contribution < 1.29 is 31.1 Å². The number of sulfonamides is 1. The molecule has 0 atom stereocenters. The second kappa shape index (κ2) is 11.3. The number of ether oxygens (including phenoxy) is 1. The van der Waals surface area contributed by atoms with Gasteiger partial charge in [-0.3, -0.25) is 19.4 Å². The van der Waals surface area contributed by atoms with Crippen LogP contribution in [0.15, 0.2) is 90.0 Å². The number of halogens is 3. The summed E-state index contributed by atoms with van der Waals surface area (Å²) in [4.78, 5) is 21.1. The zero-order valence-electron chi connectivity index (χ0n) is 22.9. The molecular formula is C30H29F3N4O4S. The highest BCUT2D eigenvalue weighted by molar-refractivity contribution is 7.93. The standard InChI is InChI=1S/C30H29F3N4O4S/c1-29(2,23-10-4-3-5-11-23)37-18-16-36(17-19-37)28(38)22-13-14-24(25(20-22)41-30(31,32)33)35-42(39,40)26-12-6-8-21-9-7-15-34-27(21)26/h3-15,20,35H,16-19H2,1-2H3. The van der Waals surface area contributed by atoms with Crippen LogP contribution in [0.4, 0.5) is 18.9 Å². The predicted octanol–water partition coefficient (Wildman–Crippen LogP) is 5.63. The van der Waals surface area contributed by atoms with Crippen molar-refractivity contribution in [1.82, 2.24) is 14.8 Å². The minimum atomic E-state index is -5.13. The largest absolute Gasteiger partial charge is 0.573 e. The molecule has 5 rings (SSSR count). The third kappa shape index (κ3) is 6.19. The fraction of sp³-hybridized carbons (Fsp3) is 0.267. The van der Waals surface area contributed by atoms with Gasteiger partial charge in [0.2, 0.25) is 0 Å². The highest BCUT2D eigenvalue weighted by Crippen LogP contribution is 2.35. The Morgan fingerprint density at radius 2 is 1.60 bits per heavy atom. The number of nitrogens with one attached hydrogen (secondary N) is 1. The summed E-state index contributed by atoms with van der Waals surface area (Å²) in [5, 5.41) is 0.542. The van der Waals surface area contributed by atoms with Crippen LogP contribution in [0.2, 0.25) is 0 Å². The number of pyridine rings is 1. The lowest BCUT2D eigenvalue weighted by Gasteiger charge is -2.44. The van der Waals surface area contributed by atoms with Crippen molar-refractivity contribution in [2.75, 3.05) is 30.9 Å². The van der Waals surface area contributed by atoms with Crippen molar-refractivity contribution in [1.29, 1.82) is 0 Å². The van der Waals surface area contributed by atoms with Crippen LogP contribution in [0, 0.1) is 0 Å². The Morgan fingerprint density at radius 1 is 0.905 bits per heavy atom. The van der Waals surface area contributed by atoms with E-state index in [-0.39, 0.29) is 21.5 Å². The molecule has 1 amide bonds. The number of benzene rings is 3. The minimum absolute atomic E-state index is 0.0557. The van der Waals surface area contributed by atoms with E-state index in [2.05, 4.69) is 33.2 Å². The summed E-state index contributed by atoms with van der Waals surface area (Å²) in [5.41, 5.74) is 0.497. The number of nitrogens with zero attached hydrogens (tertiary/aromatic N) is 3. The van der Waals surface area contributed by atoms with Crippen molar-refractivity contribution in [3.63, 3.8) is 0 Å². The first-order chi connectivity index (χ1) is 19.8. The van der Waals surface area contributed by atoms with E-state index in [0.717, 1.165) is 17.7 Å². The van der Waals surface area contributed by atoms with Gasteiger partial charge in [0.15, 0.2) is 5.75 Å². The number of aromatic nitrogens is 1. The normalized spacial score (nSPS) is 15.0. The molecule has 0 unspecified atom stereocenters. The first-order valence-electron chi connectivity index (χ1n) is 13.2. The van der Waals surface area contributed by atoms with Gasteiger partial charge in [0.05, 0.1) is 11.2 Å². The number of piperazine rings is 1. The zero-order chi connectivity index (χ0) is 30.1. The van der Waals surface area contributed by atoms with E-state index in [1.165, 1.54) is 24.4 Å². The number of alkyl halides is 3. The second-order valence-electron chi connectivity index (χ2n) is 10.4. The molecule has 42 heavy (non-hydrogen) atoms. The molecule has 3 aromatic carbocycles. The van der Waals surface area contributed by atoms with Gasteiger partial charge in [0.1, 0.15) is 4.90 Å². The number of para-hydroxylation sites is 1. The molecule has 4 aromatic rings. The fourth-order valence-electron chi connectivity index (χ4n) is 5.12. The van der Waals surface area contributed by atoms with Crippen LogP contribution in [0.25, 0.3) is 10.9 Å². The van der Waals surface area contributed by atoms with E-state index in [1.807, 2.05) is 30.3 Å². The zero-order valence-corrected chi connectivity index (χ0v) is 23.7. The summed E-state index contributed by atoms with van der Waals surface area (Å²) in [7, 11) is -4.38. The van der Waals surface area contributed by atoms with E-state index < -0.39 is 33.7 Å². The van der Waals surface area contributed by atoms with Crippen LogP contribution in [0.1, 0.15) is 29.8 Å². The Labute approximate surface area is 241 Å². The van der Waals surface area contributed by atoms with E-state index in [0.29, 0.717) is 31.6 Å². The van der Waals surface area contributed by atoms with Gasteiger partial charge >= 0.3 is 6.36 Å². The van der Waals surface area contributed by atoms with Crippen LogP contribution in [0.5, 0.6) is 5.75 Å². The Morgan fingerprint density at radius 3 is 2.29 bits per heavy atom. The van der Waals surface area contributed by atoms with Crippen molar-refractivity contribution in [3.8, 4) is 5.75 Å². The van der Waals surface area contributed by atoms with Gasteiger partial charge in [-0.05, 0) is 49.7 Å². The molecule has 1 aliphatic heterocycles. The van der Waals surface area contributed by atoms with Crippen LogP contribution < -0.4 is 9.46 Å². The molecule has 1 aliphatic rings. The molecule has 8 nitrogen and oxygen atoms in total. The van der Waals surface area contributed by atoms with E-state index in [4.69, 9.17) is 0 Å². The Balaban J connectivity index is 1.37. The number of carbonyl (C=O) groups is 1. The minimum Gasteiger partial charge on any atom is -0.404 e. The molecule has 0 bridgehead atoms. The summed E-state index contributed by atoms with van der Waals surface area (Å²) < 4.78 is 72.9. The van der Waals surface area contributed by atoms with E-state index >= 15 is 0 Å². The monoisotopic (exact) mass is 598 g/mol. The molecule has 0 saturated carbocycles. The van der Waals surface area contributed by atoms with Gasteiger partial charge < -0.3 is 9.64 Å². The molecule has 1 fully saturated rings. The summed E-state index contributed by atoms with van der Waals surface area (Å²) >= 11 is 0. The average Bonchev–Trinajstić information content (AvgIpc) is 2.97. The number of amides is 1. The van der Waals surface area contributed by atoms with Crippen LogP contribution in [-0.4, -0.2) is 61.7 Å². The highest BCUT2D eigenvalue weighted by atomic mass is 32.2. The maximum Gasteiger partial charge on any atom is 0.573 e. The molecule has 1 N–H and O–H groups in total. The Hall–Kier alpha value is -4.16. The topological polar surface area (TPSA) is 91.8 Å². The van der Waals surface area contributed by atoms with Gasteiger partial charge in [-0.25, -0.2) is 8.42 Å². The number of fused-ring (bicyclic) bond motifs is 1. The summed E-state index contributed by atoms with van der Waals surface area (Å²) in [6.45, 7) is 6.08. The van der Waals surface area contributed by atoms with Crippen molar-refractivity contribution >= 4 is 32.5 Å². The first kappa shape index (κ1) is 29.3. The molecule has 1 aromatic heterocycles. The fourth-order valence-corrected chi connectivity index (χ4v) is 6.37. The molecular weight excluding hydrogens is 569 g/mol. The quantitative estimate of drug-likeness (QED) is 0.297. The van der Waals surface area contributed by atoms with Crippen LogP contribution in [-0.2, 0) is 15.6 Å². The lowest BCUT2D eigenvalue weighted by molar-refractivity contribution is -0.274. The third-order valence-electron chi connectivity index (χ3n) is 7.42. The van der Waals surface area contributed by atoms with Gasteiger partial charge in [0, 0.05) is 48.9 Å². The van der Waals surface area contributed by atoms with Crippen molar-refractivity contribution in [2.24, 2.45) is 0 Å². The molecule has 220 valence electrons. The smallest absolute Gasteiger partial charge is 0.404 e. The number of carbonyl (C=O) groups excluding carboxylic acids is 1. The maximum atomic E-state index is 13.4. The van der Waals surface area contributed by atoms with E-state index in [1.54, 1.807) is 23.1 Å². The molecule has 2 heterocycles. The van der Waals surface area contributed by atoms with Gasteiger partial charge in [-0.1, -0.05) is 48.5 Å². The molecule has 12 heteroatoms. The maximum absolute atomic E-state index is 13.4. The summed E-state index contributed by atoms with van der Waals surface area (Å²) in [5.74, 6) is -1.32. The number of rotatable bonds is 7. The van der Waals surface area contributed by atoms with Gasteiger partial charge in [-0.15, -0.1) is 13.2 Å². The predicted molar refractivity (Wildman–Crippen MR) is 153 cm³/mol. The third-order valence-corrected chi connectivity index (χ3v) is 8.82. The lowest BCUT2D eigenvalue weighted by atomic mass is 9.91. The van der Waals surface area contributed by atoms with Crippen LogP contribution in [0.3, 0.4) is 0 Å². The van der Waals surface area contributed by atoms with Gasteiger partial charge in [0.25, 0.3) is 15.9 Å². The summed E-state index contributed by atoms with van der Waals surface area (Å²) in [6, 6.07) is 21.1. The molecule has 0 radical (unpaired) electrons. The molecule has 1 saturated heterocycles. The Kier molecular flexibility index (Phi) is 7.86. The Bertz CT molecular complexity index is 1700. The lowest BCUT2D eigenvalue weighted by Crippen LogP contribution is -2.54. The number of hydrogen-bond donors (Lipinski definition) is 1. The average molecular weight is 599 g/mol. The highest BCUT2D eigenvalue weighted by Gasteiger charge is 2.35. The molecule has 0 spiro atoms. The van der Waals surface area contributed by atoms with Crippen molar-refractivity contribution in [2.45, 2.75) is 30.6 Å². The number of hydrogen-bond acceptors (Lipinski definition) is 6. The number of anilines is 1. The first-order valence-corrected chi connectivity index (χ1v) is 14.7. The summed E-state index contributed by atoms with van der Waals surface area (Å²) in [6.07, 6.45) is -3.71. The van der Waals surface area contributed by atoms with Gasteiger partial charge in [-0.2, -0.15) is 0 Å². The molecule has 0 aliphatic carbocycles.